The van der Waals surface area contributed by atoms with Gasteiger partial charge in [0.25, 0.3) is 0 Å². The van der Waals surface area contributed by atoms with E-state index in [1.54, 1.807) is 31.5 Å². The molecule has 0 aliphatic carbocycles. The van der Waals surface area contributed by atoms with Gasteiger partial charge in [-0.15, -0.1) is 0 Å². The molecule has 1 heterocycles. The zero-order chi connectivity index (χ0) is 16.0. The second-order valence-electron chi connectivity index (χ2n) is 5.08. The molecule has 0 spiro atoms. The standard InChI is InChI=1S/C16H21N3O2S/c1-3-22(20,21)18-15-4-6-16(7-5-15)19(2)13-10-14-8-11-17-12-9-14/h4-9,11-12,18H,3,10,13H2,1-2H3. The molecule has 0 unspecified atom stereocenters. The van der Waals surface area contributed by atoms with Crippen molar-refractivity contribution in [3.8, 4) is 0 Å². The summed E-state index contributed by atoms with van der Waals surface area (Å²) in [4.78, 5) is 6.14. The zero-order valence-electron chi connectivity index (χ0n) is 12.9. The van der Waals surface area contributed by atoms with Crippen LogP contribution in [0.25, 0.3) is 0 Å². The van der Waals surface area contributed by atoms with Crippen molar-refractivity contribution in [2.75, 3.05) is 29.0 Å². The molecule has 5 nitrogen and oxygen atoms in total. The molecule has 6 heteroatoms. The lowest BCUT2D eigenvalue weighted by atomic mass is 10.2. The molecule has 1 aromatic carbocycles. The zero-order valence-corrected chi connectivity index (χ0v) is 13.7. The fourth-order valence-electron chi connectivity index (χ4n) is 2.01. The molecule has 0 amide bonds. The molecule has 118 valence electrons. The fraction of sp³-hybridized carbons (Fsp3) is 0.312. The van der Waals surface area contributed by atoms with Crippen LogP contribution in [0.1, 0.15) is 12.5 Å². The van der Waals surface area contributed by atoms with Gasteiger partial charge in [0.2, 0.25) is 10.0 Å². The Morgan fingerprint density at radius 3 is 2.32 bits per heavy atom. The number of anilines is 2. The first kappa shape index (κ1) is 16.3. The maximum atomic E-state index is 11.5. The molecule has 0 bridgehead atoms. The van der Waals surface area contributed by atoms with Crippen molar-refractivity contribution in [1.82, 2.24) is 4.98 Å². The maximum Gasteiger partial charge on any atom is 0.232 e. The van der Waals surface area contributed by atoms with Crippen molar-refractivity contribution in [3.05, 3.63) is 54.4 Å². The molecule has 1 aromatic heterocycles. The molecule has 2 rings (SSSR count). The van der Waals surface area contributed by atoms with Crippen molar-refractivity contribution in [1.29, 1.82) is 0 Å². The average Bonchev–Trinajstić information content (AvgIpc) is 2.54. The smallest absolute Gasteiger partial charge is 0.232 e. The first-order valence-corrected chi connectivity index (χ1v) is 8.86. The van der Waals surface area contributed by atoms with Crippen LogP contribution >= 0.6 is 0 Å². The van der Waals surface area contributed by atoms with E-state index in [0.29, 0.717) is 5.69 Å². The van der Waals surface area contributed by atoms with E-state index in [0.717, 1.165) is 18.7 Å². The highest BCUT2D eigenvalue weighted by atomic mass is 32.2. The highest BCUT2D eigenvalue weighted by molar-refractivity contribution is 7.92. The number of nitrogens with one attached hydrogen (secondary N) is 1. The van der Waals surface area contributed by atoms with Crippen LogP contribution in [-0.4, -0.2) is 32.7 Å². The molecule has 22 heavy (non-hydrogen) atoms. The first-order chi connectivity index (χ1) is 10.5. The minimum Gasteiger partial charge on any atom is -0.374 e. The third-order valence-corrected chi connectivity index (χ3v) is 4.75. The summed E-state index contributed by atoms with van der Waals surface area (Å²) in [6, 6.07) is 11.4. The van der Waals surface area contributed by atoms with Gasteiger partial charge >= 0.3 is 0 Å². The predicted octanol–water partition coefficient (Wildman–Crippen LogP) is 2.52. The van der Waals surface area contributed by atoms with Crippen LogP contribution in [0.3, 0.4) is 0 Å². The minimum absolute atomic E-state index is 0.0700. The number of pyridine rings is 1. The largest absolute Gasteiger partial charge is 0.374 e. The van der Waals surface area contributed by atoms with E-state index < -0.39 is 10.0 Å². The summed E-state index contributed by atoms with van der Waals surface area (Å²) in [6.45, 7) is 2.49. The van der Waals surface area contributed by atoms with Crippen molar-refractivity contribution < 1.29 is 8.42 Å². The van der Waals surface area contributed by atoms with Gasteiger partial charge in [-0.3, -0.25) is 9.71 Å². The van der Waals surface area contributed by atoms with Crippen molar-refractivity contribution in [2.45, 2.75) is 13.3 Å². The maximum absolute atomic E-state index is 11.5. The number of aromatic nitrogens is 1. The number of likely N-dealkylation sites (N-methyl/N-ethyl adjacent to an activating group) is 1. The first-order valence-electron chi connectivity index (χ1n) is 7.21. The summed E-state index contributed by atoms with van der Waals surface area (Å²) in [5.41, 5.74) is 2.89. The molecule has 0 atom stereocenters. The lowest BCUT2D eigenvalue weighted by molar-refractivity contribution is 0.602. The van der Waals surface area contributed by atoms with Gasteiger partial charge in [0.05, 0.1) is 5.75 Å². The summed E-state index contributed by atoms with van der Waals surface area (Å²) in [5.74, 6) is 0.0700. The van der Waals surface area contributed by atoms with Crippen LogP contribution in [0.5, 0.6) is 0 Å². The molecule has 2 aromatic rings. The van der Waals surface area contributed by atoms with Crippen molar-refractivity contribution in [2.24, 2.45) is 0 Å². The van der Waals surface area contributed by atoms with Crippen molar-refractivity contribution in [3.63, 3.8) is 0 Å². The SMILES string of the molecule is CCS(=O)(=O)Nc1ccc(N(C)CCc2ccncc2)cc1. The van der Waals surface area contributed by atoms with Crippen LogP contribution in [0.15, 0.2) is 48.8 Å². The number of rotatable bonds is 7. The lowest BCUT2D eigenvalue weighted by Gasteiger charge is -2.19. The van der Waals surface area contributed by atoms with Crippen LogP contribution in [-0.2, 0) is 16.4 Å². The third kappa shape index (κ3) is 4.73. The highest BCUT2D eigenvalue weighted by Gasteiger charge is 2.07. The Bertz CT molecular complexity index is 685. The molecule has 0 aliphatic heterocycles. The van der Waals surface area contributed by atoms with E-state index in [4.69, 9.17) is 0 Å². The molecular weight excluding hydrogens is 298 g/mol. The summed E-state index contributed by atoms with van der Waals surface area (Å²) < 4.78 is 25.6. The molecule has 1 N–H and O–H groups in total. The van der Waals surface area contributed by atoms with Crippen LogP contribution in [0.4, 0.5) is 11.4 Å². The lowest BCUT2D eigenvalue weighted by Crippen LogP contribution is -2.20. The highest BCUT2D eigenvalue weighted by Crippen LogP contribution is 2.18. The van der Waals surface area contributed by atoms with Gasteiger partial charge in [0.1, 0.15) is 0 Å². The van der Waals surface area contributed by atoms with Crippen molar-refractivity contribution >= 4 is 21.4 Å². The Morgan fingerprint density at radius 1 is 1.09 bits per heavy atom. The number of sulfonamides is 1. The number of benzene rings is 1. The van der Waals surface area contributed by atoms with Gasteiger partial charge in [-0.2, -0.15) is 0 Å². The summed E-state index contributed by atoms with van der Waals surface area (Å²) in [6.07, 6.45) is 4.52. The van der Waals surface area contributed by atoms with Gasteiger partial charge in [-0.25, -0.2) is 8.42 Å². The Balaban J connectivity index is 1.95. The van der Waals surface area contributed by atoms with E-state index in [1.165, 1.54) is 5.56 Å². The quantitative estimate of drug-likeness (QED) is 0.852. The number of hydrogen-bond acceptors (Lipinski definition) is 4. The Kier molecular flexibility index (Phi) is 5.38. The van der Waals surface area contributed by atoms with Crippen LogP contribution in [0, 0.1) is 0 Å². The summed E-state index contributed by atoms with van der Waals surface area (Å²) >= 11 is 0. The monoisotopic (exact) mass is 319 g/mol. The summed E-state index contributed by atoms with van der Waals surface area (Å²) in [5, 5.41) is 0. The van der Waals surface area contributed by atoms with Crippen LogP contribution in [0.2, 0.25) is 0 Å². The molecule has 0 saturated heterocycles. The average molecular weight is 319 g/mol. The second kappa shape index (κ2) is 7.26. The van der Waals surface area contributed by atoms with Gasteiger partial charge in [0.15, 0.2) is 0 Å². The Labute approximate surface area is 132 Å². The predicted molar refractivity (Wildman–Crippen MR) is 90.7 cm³/mol. The van der Waals surface area contributed by atoms with E-state index in [9.17, 15) is 8.42 Å². The topological polar surface area (TPSA) is 62.3 Å². The van der Waals surface area contributed by atoms with Gasteiger partial charge < -0.3 is 4.90 Å². The van der Waals surface area contributed by atoms with Gasteiger partial charge in [0, 0.05) is 37.4 Å². The van der Waals surface area contributed by atoms with E-state index >= 15 is 0 Å². The van der Waals surface area contributed by atoms with Gasteiger partial charge in [-0.05, 0) is 55.3 Å². The summed E-state index contributed by atoms with van der Waals surface area (Å²) in [7, 11) is -1.20. The third-order valence-electron chi connectivity index (χ3n) is 3.45. The fourth-order valence-corrected chi connectivity index (χ4v) is 2.65. The van der Waals surface area contributed by atoms with Crippen LogP contribution < -0.4 is 9.62 Å². The number of hydrogen-bond donors (Lipinski definition) is 1. The van der Waals surface area contributed by atoms with E-state index in [-0.39, 0.29) is 5.75 Å². The second-order valence-corrected chi connectivity index (χ2v) is 7.09. The Hall–Kier alpha value is -2.08. The molecule has 0 aliphatic rings. The Morgan fingerprint density at radius 2 is 1.73 bits per heavy atom. The number of nitrogens with zero attached hydrogens (tertiary/aromatic N) is 2. The molecule has 0 fully saturated rings. The molecular formula is C16H21N3O2S. The van der Waals surface area contributed by atoms with E-state index in [2.05, 4.69) is 14.6 Å². The van der Waals surface area contributed by atoms with E-state index in [1.807, 2.05) is 31.3 Å². The minimum atomic E-state index is -3.22. The molecule has 0 saturated carbocycles. The normalized spacial score (nSPS) is 11.2. The molecule has 0 radical (unpaired) electrons. The van der Waals surface area contributed by atoms with Gasteiger partial charge in [-0.1, -0.05) is 0 Å².